The lowest BCUT2D eigenvalue weighted by Crippen LogP contribution is -2.77. The molecule has 1 aromatic rings. The minimum atomic E-state index is 0. The minimum Gasteiger partial charge on any atom is -0.455 e. The molecule has 1 aliphatic heterocycles. The van der Waals surface area contributed by atoms with E-state index in [0.29, 0.717) is 5.23 Å². The highest BCUT2D eigenvalue weighted by atomic mass is 35.5. The van der Waals surface area contributed by atoms with Crippen LogP contribution in [0.4, 0.5) is 0 Å². The third-order valence-corrected chi connectivity index (χ3v) is 5.19. The molecule has 150 valence electrons. The van der Waals surface area contributed by atoms with Gasteiger partial charge < -0.3 is 10.0 Å². The van der Waals surface area contributed by atoms with Gasteiger partial charge in [-0.05, 0) is 56.3 Å². The standard InChI is InChI=1S/C18H28ClN3OS.2ClH/c1-15(2)20-18(23)24-13-3-8-21-9-11-22(12-10-21)14-16-4-6-17(19)7-5-16;;/h4-7,15H,3,8-14H2,1-2H3,(H,20,23);2*1H/p+1. The van der Waals surface area contributed by atoms with Crippen molar-refractivity contribution in [3.63, 3.8) is 0 Å². The summed E-state index contributed by atoms with van der Waals surface area (Å²) >= 11 is 7.45. The van der Waals surface area contributed by atoms with Crippen molar-refractivity contribution in [2.45, 2.75) is 32.9 Å². The average molecular weight is 444 g/mol. The zero-order valence-corrected chi connectivity index (χ0v) is 18.7. The molecule has 1 heterocycles. The molecule has 1 aliphatic rings. The van der Waals surface area contributed by atoms with Crippen LogP contribution in [0, 0.1) is 0 Å². The van der Waals surface area contributed by atoms with Crippen molar-refractivity contribution < 1.29 is 10.1 Å². The van der Waals surface area contributed by atoms with Crippen LogP contribution in [0.1, 0.15) is 25.8 Å². The second-order valence-electron chi connectivity index (χ2n) is 6.55. The molecule has 0 radical (unpaired) electrons. The Hall–Kier alpha value is -0.170. The van der Waals surface area contributed by atoms with E-state index in [0.717, 1.165) is 56.5 Å². The van der Waals surface area contributed by atoms with Crippen molar-refractivity contribution >= 4 is 53.4 Å². The first-order chi connectivity index (χ1) is 11.5. The number of aliphatic hydroxyl groups excluding tert-OH is 1. The molecule has 0 aliphatic carbocycles. The maximum absolute atomic E-state index is 9.69. The van der Waals surface area contributed by atoms with Gasteiger partial charge in [-0.2, -0.15) is 0 Å². The van der Waals surface area contributed by atoms with Gasteiger partial charge in [-0.25, -0.2) is 4.99 Å². The Kier molecular flexibility index (Phi) is 13.8. The third-order valence-electron chi connectivity index (χ3n) is 4.05. The van der Waals surface area contributed by atoms with Crippen LogP contribution in [0.2, 0.25) is 5.02 Å². The van der Waals surface area contributed by atoms with E-state index in [1.54, 1.807) is 0 Å². The number of nitrogens with one attached hydrogen (secondary N) is 1. The predicted octanol–water partition coefficient (Wildman–Crippen LogP) is 2.83. The van der Waals surface area contributed by atoms with E-state index in [4.69, 9.17) is 11.6 Å². The fraction of sp³-hybridized carbons (Fsp3) is 0.611. The fourth-order valence-corrected chi connectivity index (χ4v) is 3.68. The maximum atomic E-state index is 9.69. The van der Waals surface area contributed by atoms with Gasteiger partial charge in [0.2, 0.25) is 0 Å². The number of benzene rings is 1. The second-order valence-corrected chi connectivity index (χ2v) is 8.07. The van der Waals surface area contributed by atoms with Gasteiger partial charge >= 0.3 is 5.23 Å². The van der Waals surface area contributed by atoms with Gasteiger partial charge in [0.15, 0.2) is 0 Å². The molecule has 0 aromatic heterocycles. The van der Waals surface area contributed by atoms with Gasteiger partial charge in [0.1, 0.15) is 6.04 Å². The number of thioether (sulfide) groups is 1. The number of halogens is 3. The van der Waals surface area contributed by atoms with Gasteiger partial charge in [0, 0.05) is 43.5 Å². The Morgan fingerprint density at radius 3 is 2.27 bits per heavy atom. The third kappa shape index (κ3) is 10.2. The molecule has 0 spiro atoms. The van der Waals surface area contributed by atoms with E-state index < -0.39 is 0 Å². The molecule has 0 atom stereocenters. The molecule has 0 bridgehead atoms. The molecule has 1 aromatic carbocycles. The first-order valence-electron chi connectivity index (χ1n) is 8.67. The number of hydrogen-bond acceptors (Lipinski definition) is 3. The van der Waals surface area contributed by atoms with Crippen LogP contribution in [0.15, 0.2) is 24.3 Å². The molecule has 0 amide bonds. The highest BCUT2D eigenvalue weighted by molar-refractivity contribution is 8.13. The number of rotatable bonds is 7. The Bertz CT molecular complexity index is 521. The monoisotopic (exact) mass is 442 g/mol. The number of nitrogens with zero attached hydrogens (tertiary/aromatic N) is 2. The molecule has 4 nitrogen and oxygen atoms in total. The summed E-state index contributed by atoms with van der Waals surface area (Å²) in [6, 6.07) is 8.43. The van der Waals surface area contributed by atoms with Gasteiger partial charge in [0.25, 0.3) is 0 Å². The highest BCUT2D eigenvalue weighted by Gasteiger charge is 2.16. The lowest BCUT2D eigenvalue weighted by atomic mass is 10.2. The summed E-state index contributed by atoms with van der Waals surface area (Å²) < 4.78 is 0. The SMILES string of the molecule is CC(C)[NH+]=C(O)SCCCN1CCN(Cc2ccc(Cl)cc2)CC1.Cl.Cl. The van der Waals surface area contributed by atoms with Gasteiger partial charge in [-0.3, -0.25) is 4.90 Å². The van der Waals surface area contributed by atoms with Gasteiger partial charge in [-0.15, -0.1) is 24.8 Å². The summed E-state index contributed by atoms with van der Waals surface area (Å²) in [6.45, 7) is 10.6. The molecular weight excluding hydrogens is 413 g/mol. The van der Waals surface area contributed by atoms with Crippen LogP contribution < -0.4 is 4.99 Å². The van der Waals surface area contributed by atoms with Crippen molar-refractivity contribution in [2.75, 3.05) is 38.5 Å². The minimum absolute atomic E-state index is 0. The fourth-order valence-electron chi connectivity index (χ4n) is 2.76. The van der Waals surface area contributed by atoms with E-state index in [9.17, 15) is 5.11 Å². The topological polar surface area (TPSA) is 40.7 Å². The second kappa shape index (κ2) is 13.9. The Morgan fingerprint density at radius 1 is 1.12 bits per heavy atom. The first-order valence-corrected chi connectivity index (χ1v) is 10.0. The molecule has 0 unspecified atom stereocenters. The summed E-state index contributed by atoms with van der Waals surface area (Å²) in [7, 11) is 0. The quantitative estimate of drug-likeness (QED) is 0.386. The van der Waals surface area contributed by atoms with E-state index >= 15 is 0 Å². The summed E-state index contributed by atoms with van der Waals surface area (Å²) in [5.41, 5.74) is 1.33. The number of hydrogen-bond donors (Lipinski definition) is 2. The van der Waals surface area contributed by atoms with Crippen molar-refractivity contribution in [3.8, 4) is 0 Å². The molecule has 26 heavy (non-hydrogen) atoms. The van der Waals surface area contributed by atoms with Crippen molar-refractivity contribution in [3.05, 3.63) is 34.9 Å². The van der Waals surface area contributed by atoms with Crippen LogP contribution >= 0.6 is 48.2 Å². The van der Waals surface area contributed by atoms with Crippen molar-refractivity contribution in [1.29, 1.82) is 0 Å². The van der Waals surface area contributed by atoms with Crippen LogP contribution in [0.25, 0.3) is 0 Å². The lowest BCUT2D eigenvalue weighted by Gasteiger charge is -2.34. The molecular formula is C18H31Cl3N3OS+. The Morgan fingerprint density at radius 2 is 1.69 bits per heavy atom. The summed E-state index contributed by atoms with van der Waals surface area (Å²) in [6.07, 6.45) is 1.10. The van der Waals surface area contributed by atoms with E-state index in [-0.39, 0.29) is 30.9 Å². The predicted molar refractivity (Wildman–Crippen MR) is 118 cm³/mol. The Labute approximate surface area is 179 Å². The van der Waals surface area contributed by atoms with E-state index in [2.05, 4.69) is 26.9 Å². The average Bonchev–Trinajstić information content (AvgIpc) is 2.54. The normalized spacial score (nSPS) is 16.2. The number of aliphatic hydroxyl groups is 1. The van der Waals surface area contributed by atoms with Crippen LogP contribution in [0.5, 0.6) is 0 Å². The largest absolute Gasteiger partial charge is 0.455 e. The molecule has 0 saturated carbocycles. The molecule has 1 fully saturated rings. The van der Waals surface area contributed by atoms with Gasteiger partial charge in [0.05, 0.1) is 0 Å². The summed E-state index contributed by atoms with van der Waals surface area (Å²) in [4.78, 5) is 8.04. The molecule has 2 rings (SSSR count). The number of piperazine rings is 1. The lowest BCUT2D eigenvalue weighted by molar-refractivity contribution is -0.498. The van der Waals surface area contributed by atoms with E-state index in [1.165, 1.54) is 17.3 Å². The van der Waals surface area contributed by atoms with Crippen molar-refractivity contribution in [2.24, 2.45) is 0 Å². The summed E-state index contributed by atoms with van der Waals surface area (Å²) in [5.74, 6) is 0.955. The van der Waals surface area contributed by atoms with Crippen molar-refractivity contribution in [1.82, 2.24) is 9.80 Å². The summed E-state index contributed by atoms with van der Waals surface area (Å²) in [5, 5.41) is 10.8. The zero-order chi connectivity index (χ0) is 17.4. The van der Waals surface area contributed by atoms with Crippen LogP contribution in [0.3, 0.4) is 0 Å². The molecule has 8 heteroatoms. The van der Waals surface area contributed by atoms with E-state index in [1.807, 2.05) is 26.0 Å². The Balaban J connectivity index is 0.00000312. The smallest absolute Gasteiger partial charge is 0.396 e. The molecule has 1 saturated heterocycles. The zero-order valence-electron chi connectivity index (χ0n) is 15.5. The van der Waals surface area contributed by atoms with Gasteiger partial charge in [-0.1, -0.05) is 23.7 Å². The first kappa shape index (κ1) is 25.8. The molecule has 2 N–H and O–H groups in total. The van der Waals surface area contributed by atoms with Crippen LogP contribution in [-0.4, -0.2) is 64.7 Å². The maximum Gasteiger partial charge on any atom is 0.396 e. The van der Waals surface area contributed by atoms with Crippen LogP contribution in [-0.2, 0) is 6.54 Å². The highest BCUT2D eigenvalue weighted by Crippen LogP contribution is 2.13.